The molecule has 0 spiro atoms. The van der Waals surface area contributed by atoms with Crippen molar-refractivity contribution < 1.29 is 13.9 Å². The Balaban J connectivity index is 1.58. The standard InChI is InChI=1S/C21H27N3O4/c25-20-19(24-21(26)22-13-15-9-6-12-27-15)18(23-14-7-2-1-3-8-14)16-10-4-5-11-17(16)28-20/h4-5,10-11,14-15,23H,1-3,6-9,12-13H2,(H2,22,24,26)/t15-/m1/s1. The van der Waals surface area contributed by atoms with Crippen molar-refractivity contribution >= 4 is 28.4 Å². The van der Waals surface area contributed by atoms with Crippen LogP contribution in [0.4, 0.5) is 16.2 Å². The lowest BCUT2D eigenvalue weighted by Gasteiger charge is -2.25. The molecule has 2 aliphatic rings. The second-order valence-corrected chi connectivity index (χ2v) is 7.59. The van der Waals surface area contributed by atoms with E-state index in [0.717, 1.165) is 37.7 Å². The van der Waals surface area contributed by atoms with Crippen LogP contribution in [0.1, 0.15) is 44.9 Å². The SMILES string of the molecule is O=C(NC[C@H]1CCCO1)Nc1c(NC2CCCCC2)c2ccccc2oc1=O. The highest BCUT2D eigenvalue weighted by Gasteiger charge is 2.22. The van der Waals surface area contributed by atoms with Gasteiger partial charge in [0.05, 0.1) is 11.8 Å². The van der Waals surface area contributed by atoms with Gasteiger partial charge in [0.1, 0.15) is 5.58 Å². The zero-order chi connectivity index (χ0) is 19.3. The molecule has 1 saturated carbocycles. The fourth-order valence-electron chi connectivity index (χ4n) is 4.03. The molecule has 1 atom stereocenters. The van der Waals surface area contributed by atoms with Crippen LogP contribution in [-0.2, 0) is 4.74 Å². The third-order valence-corrected chi connectivity index (χ3v) is 5.52. The second kappa shape index (κ2) is 8.65. The van der Waals surface area contributed by atoms with E-state index in [9.17, 15) is 9.59 Å². The van der Waals surface area contributed by atoms with Crippen molar-refractivity contribution in [3.05, 3.63) is 34.7 Å². The number of nitrogens with one attached hydrogen (secondary N) is 3. The number of hydrogen-bond donors (Lipinski definition) is 3. The molecule has 0 radical (unpaired) electrons. The number of carbonyl (C=O) groups excluding carboxylic acids is 1. The Morgan fingerprint density at radius 3 is 2.64 bits per heavy atom. The molecule has 2 fully saturated rings. The van der Waals surface area contributed by atoms with Crippen molar-refractivity contribution in [1.29, 1.82) is 0 Å². The number of benzene rings is 1. The molecule has 2 amide bonds. The summed E-state index contributed by atoms with van der Waals surface area (Å²) in [6, 6.07) is 7.26. The van der Waals surface area contributed by atoms with Gasteiger partial charge >= 0.3 is 11.7 Å². The van der Waals surface area contributed by atoms with Crippen LogP contribution in [0.25, 0.3) is 11.0 Å². The van der Waals surface area contributed by atoms with Gasteiger partial charge in [0, 0.05) is 24.6 Å². The largest absolute Gasteiger partial charge is 0.421 e. The molecule has 1 saturated heterocycles. The van der Waals surface area contributed by atoms with E-state index in [0.29, 0.717) is 17.8 Å². The summed E-state index contributed by atoms with van der Waals surface area (Å²) >= 11 is 0. The summed E-state index contributed by atoms with van der Waals surface area (Å²) in [5.74, 6) is 0. The summed E-state index contributed by atoms with van der Waals surface area (Å²) in [4.78, 5) is 25.0. The lowest BCUT2D eigenvalue weighted by atomic mass is 9.95. The number of rotatable bonds is 5. The van der Waals surface area contributed by atoms with E-state index in [-0.39, 0.29) is 17.8 Å². The highest BCUT2D eigenvalue weighted by atomic mass is 16.5. The van der Waals surface area contributed by atoms with Gasteiger partial charge in [0.2, 0.25) is 0 Å². The first-order valence-corrected chi connectivity index (χ1v) is 10.2. The first-order chi connectivity index (χ1) is 13.7. The number of fused-ring (bicyclic) bond motifs is 1. The van der Waals surface area contributed by atoms with Crippen molar-refractivity contribution in [2.24, 2.45) is 0 Å². The van der Waals surface area contributed by atoms with E-state index >= 15 is 0 Å². The van der Waals surface area contributed by atoms with E-state index < -0.39 is 11.7 Å². The average molecular weight is 385 g/mol. The number of anilines is 2. The molecule has 1 aliphatic carbocycles. The number of urea groups is 1. The van der Waals surface area contributed by atoms with Crippen molar-refractivity contribution in [2.45, 2.75) is 57.1 Å². The molecular formula is C21H27N3O4. The monoisotopic (exact) mass is 385 g/mol. The van der Waals surface area contributed by atoms with E-state index in [1.54, 1.807) is 6.07 Å². The number of hydrogen-bond acceptors (Lipinski definition) is 5. The number of para-hydroxylation sites is 1. The zero-order valence-corrected chi connectivity index (χ0v) is 16.0. The first-order valence-electron chi connectivity index (χ1n) is 10.2. The highest BCUT2D eigenvalue weighted by molar-refractivity contribution is 6.01. The van der Waals surface area contributed by atoms with Gasteiger partial charge in [0.25, 0.3) is 0 Å². The Hall–Kier alpha value is -2.54. The molecule has 0 bridgehead atoms. The van der Waals surface area contributed by atoms with Gasteiger partial charge in [-0.25, -0.2) is 9.59 Å². The molecule has 2 aromatic rings. The quantitative estimate of drug-likeness (QED) is 0.680. The fourth-order valence-corrected chi connectivity index (χ4v) is 4.03. The maximum Gasteiger partial charge on any atom is 0.362 e. The summed E-state index contributed by atoms with van der Waals surface area (Å²) < 4.78 is 11.0. The van der Waals surface area contributed by atoms with Crippen LogP contribution < -0.4 is 21.6 Å². The molecule has 4 rings (SSSR count). The minimum Gasteiger partial charge on any atom is -0.421 e. The van der Waals surface area contributed by atoms with Gasteiger partial charge in [-0.2, -0.15) is 0 Å². The smallest absolute Gasteiger partial charge is 0.362 e. The predicted molar refractivity (Wildman–Crippen MR) is 109 cm³/mol. The van der Waals surface area contributed by atoms with Gasteiger partial charge in [0.15, 0.2) is 5.69 Å². The summed E-state index contributed by atoms with van der Waals surface area (Å²) in [7, 11) is 0. The Kier molecular flexibility index (Phi) is 5.81. The maximum absolute atomic E-state index is 12.6. The van der Waals surface area contributed by atoms with Crippen LogP contribution >= 0.6 is 0 Å². The topological polar surface area (TPSA) is 92.6 Å². The summed E-state index contributed by atoms with van der Waals surface area (Å²) in [6.45, 7) is 1.16. The summed E-state index contributed by atoms with van der Waals surface area (Å²) in [5.41, 5.74) is 0.764. The van der Waals surface area contributed by atoms with Crippen LogP contribution in [0.2, 0.25) is 0 Å². The summed E-state index contributed by atoms with van der Waals surface area (Å²) in [5, 5.41) is 9.81. The fraction of sp³-hybridized carbons (Fsp3) is 0.524. The normalized spacial score (nSPS) is 20.2. The molecule has 1 aliphatic heterocycles. The Morgan fingerprint density at radius 1 is 1.04 bits per heavy atom. The van der Waals surface area contributed by atoms with Crippen molar-refractivity contribution in [1.82, 2.24) is 5.32 Å². The predicted octanol–water partition coefficient (Wildman–Crippen LogP) is 3.84. The van der Waals surface area contributed by atoms with Gasteiger partial charge in [-0.05, 0) is 37.8 Å². The Bertz CT molecular complexity index is 883. The zero-order valence-electron chi connectivity index (χ0n) is 16.0. The molecule has 150 valence electrons. The van der Waals surface area contributed by atoms with Gasteiger partial charge < -0.3 is 19.8 Å². The molecule has 1 aromatic carbocycles. The highest BCUT2D eigenvalue weighted by Crippen LogP contribution is 2.31. The summed E-state index contributed by atoms with van der Waals surface area (Å²) in [6.07, 6.45) is 7.68. The lowest BCUT2D eigenvalue weighted by molar-refractivity contribution is 0.112. The Morgan fingerprint density at radius 2 is 1.86 bits per heavy atom. The van der Waals surface area contributed by atoms with Gasteiger partial charge in [-0.15, -0.1) is 0 Å². The third-order valence-electron chi connectivity index (χ3n) is 5.52. The molecule has 7 nitrogen and oxygen atoms in total. The van der Waals surface area contributed by atoms with E-state index in [2.05, 4.69) is 16.0 Å². The van der Waals surface area contributed by atoms with Crippen LogP contribution in [0, 0.1) is 0 Å². The van der Waals surface area contributed by atoms with E-state index in [4.69, 9.17) is 9.15 Å². The molecule has 7 heteroatoms. The number of carbonyl (C=O) groups is 1. The van der Waals surface area contributed by atoms with E-state index in [1.165, 1.54) is 19.3 Å². The molecule has 3 N–H and O–H groups in total. The van der Waals surface area contributed by atoms with Gasteiger partial charge in [-0.1, -0.05) is 31.4 Å². The second-order valence-electron chi connectivity index (χ2n) is 7.59. The van der Waals surface area contributed by atoms with Crippen LogP contribution in [0.3, 0.4) is 0 Å². The Labute approximate surface area is 163 Å². The molecule has 2 heterocycles. The van der Waals surface area contributed by atoms with Crippen LogP contribution in [0.15, 0.2) is 33.5 Å². The third kappa shape index (κ3) is 4.30. The minimum atomic E-state index is -0.552. The molecule has 28 heavy (non-hydrogen) atoms. The number of amides is 2. The van der Waals surface area contributed by atoms with Gasteiger partial charge in [-0.3, -0.25) is 5.32 Å². The van der Waals surface area contributed by atoms with Crippen molar-refractivity contribution in [2.75, 3.05) is 23.8 Å². The maximum atomic E-state index is 12.6. The minimum absolute atomic E-state index is 0.0404. The van der Waals surface area contributed by atoms with Crippen molar-refractivity contribution in [3.8, 4) is 0 Å². The van der Waals surface area contributed by atoms with Crippen LogP contribution in [0.5, 0.6) is 0 Å². The van der Waals surface area contributed by atoms with Crippen LogP contribution in [-0.4, -0.2) is 31.3 Å². The molecular weight excluding hydrogens is 358 g/mol. The lowest BCUT2D eigenvalue weighted by Crippen LogP contribution is -2.36. The van der Waals surface area contributed by atoms with E-state index in [1.807, 2.05) is 18.2 Å². The first kappa shape index (κ1) is 18.8. The average Bonchev–Trinajstić information content (AvgIpc) is 3.23. The molecule has 0 unspecified atom stereocenters. The van der Waals surface area contributed by atoms with Crippen molar-refractivity contribution in [3.63, 3.8) is 0 Å². The number of ether oxygens (including phenoxy) is 1. The molecule has 1 aromatic heterocycles.